The molecule has 0 amide bonds. The van der Waals surface area contributed by atoms with Gasteiger partial charge in [0, 0.05) is 13.2 Å². The van der Waals surface area contributed by atoms with E-state index in [1.165, 1.54) is 0 Å². The molecule has 0 bridgehead atoms. The van der Waals surface area contributed by atoms with Crippen LogP contribution in [0.25, 0.3) is 0 Å². The quantitative estimate of drug-likeness (QED) is 0.711. The second-order valence-corrected chi connectivity index (χ2v) is 4.89. The van der Waals surface area contributed by atoms with Gasteiger partial charge in [-0.05, 0) is 33.1 Å². The minimum atomic E-state index is -0.746. The number of rotatable bonds is 4. The van der Waals surface area contributed by atoms with Crippen molar-refractivity contribution in [2.75, 3.05) is 7.11 Å². The average Bonchev–Trinajstić information content (AvgIpc) is 2.00. The molecule has 0 atom stereocenters. The molecule has 4 heteroatoms. The normalized spacial score (nSPS) is 32.4. The Morgan fingerprint density at radius 1 is 1.64 bits per heavy atom. The van der Waals surface area contributed by atoms with Crippen molar-refractivity contribution >= 4 is 5.97 Å². The maximum Gasteiger partial charge on any atom is 0.309 e. The van der Waals surface area contributed by atoms with Crippen molar-refractivity contribution in [2.45, 2.75) is 44.8 Å². The Morgan fingerprint density at radius 3 is 2.43 bits per heavy atom. The summed E-state index contributed by atoms with van der Waals surface area (Å²) >= 11 is 0. The summed E-state index contributed by atoms with van der Waals surface area (Å²) in [4.78, 5) is 11.1. The maximum atomic E-state index is 11.1. The third-order valence-corrected chi connectivity index (χ3v) is 3.08. The lowest BCUT2D eigenvalue weighted by Gasteiger charge is -2.46. The molecule has 0 aromatic rings. The van der Waals surface area contributed by atoms with E-state index in [0.717, 1.165) is 0 Å². The van der Waals surface area contributed by atoms with E-state index in [1.54, 1.807) is 7.11 Å². The lowest BCUT2D eigenvalue weighted by molar-refractivity contribution is -0.162. The highest BCUT2D eigenvalue weighted by atomic mass is 16.5. The van der Waals surface area contributed by atoms with Crippen LogP contribution < -0.4 is 5.73 Å². The summed E-state index contributed by atoms with van der Waals surface area (Å²) in [5.74, 6) is -0.746. The van der Waals surface area contributed by atoms with E-state index in [0.29, 0.717) is 19.3 Å². The lowest BCUT2D eigenvalue weighted by atomic mass is 9.61. The molecule has 0 aromatic carbocycles. The van der Waals surface area contributed by atoms with Crippen LogP contribution in [-0.4, -0.2) is 29.8 Å². The van der Waals surface area contributed by atoms with Gasteiger partial charge in [-0.15, -0.1) is 0 Å². The highest BCUT2D eigenvalue weighted by molar-refractivity contribution is 5.76. The van der Waals surface area contributed by atoms with Crippen LogP contribution in [-0.2, 0) is 9.53 Å². The Bertz CT molecular complexity index is 232. The van der Waals surface area contributed by atoms with E-state index in [4.69, 9.17) is 15.6 Å². The molecule has 0 saturated heterocycles. The fourth-order valence-corrected chi connectivity index (χ4v) is 2.23. The van der Waals surface area contributed by atoms with E-state index in [-0.39, 0.29) is 6.04 Å². The Morgan fingerprint density at radius 2 is 2.14 bits per heavy atom. The van der Waals surface area contributed by atoms with Crippen LogP contribution in [0.4, 0.5) is 0 Å². The molecular formula is C10H19NO3. The zero-order valence-corrected chi connectivity index (χ0v) is 9.04. The summed E-state index contributed by atoms with van der Waals surface area (Å²) in [5.41, 5.74) is 4.60. The first-order valence-corrected chi connectivity index (χ1v) is 4.85. The summed E-state index contributed by atoms with van der Waals surface area (Å²) in [6.45, 7) is 3.81. The molecule has 1 saturated carbocycles. The van der Waals surface area contributed by atoms with Crippen LogP contribution >= 0.6 is 0 Å². The van der Waals surface area contributed by atoms with Crippen molar-refractivity contribution < 1.29 is 14.6 Å². The number of nitrogens with two attached hydrogens (primary N) is 1. The van der Waals surface area contributed by atoms with Crippen molar-refractivity contribution in [1.82, 2.24) is 0 Å². The van der Waals surface area contributed by atoms with Gasteiger partial charge < -0.3 is 15.6 Å². The Labute approximate surface area is 84.4 Å². The predicted octanol–water partition coefficient (Wildman–Crippen LogP) is 0.994. The number of carboxylic acid groups (broad SMARTS) is 1. The number of hydrogen-bond donors (Lipinski definition) is 2. The van der Waals surface area contributed by atoms with Gasteiger partial charge in [-0.3, -0.25) is 4.79 Å². The summed E-state index contributed by atoms with van der Waals surface area (Å²) in [6.07, 6.45) is 1.66. The first-order valence-electron chi connectivity index (χ1n) is 4.85. The zero-order valence-electron chi connectivity index (χ0n) is 9.04. The van der Waals surface area contributed by atoms with Crippen molar-refractivity contribution in [2.24, 2.45) is 11.1 Å². The minimum Gasteiger partial charge on any atom is -0.481 e. The van der Waals surface area contributed by atoms with Crippen LogP contribution in [0.15, 0.2) is 0 Å². The molecule has 0 spiro atoms. The smallest absolute Gasteiger partial charge is 0.309 e. The molecule has 1 rings (SSSR count). The van der Waals surface area contributed by atoms with Crippen LogP contribution in [0.2, 0.25) is 0 Å². The molecule has 0 unspecified atom stereocenters. The molecule has 14 heavy (non-hydrogen) atoms. The molecule has 1 fully saturated rings. The van der Waals surface area contributed by atoms with Crippen molar-refractivity contribution in [3.63, 3.8) is 0 Å². The van der Waals surface area contributed by atoms with Crippen molar-refractivity contribution in [3.8, 4) is 0 Å². The number of ether oxygens (including phenoxy) is 1. The van der Waals surface area contributed by atoms with Gasteiger partial charge in [0.05, 0.1) is 11.0 Å². The second kappa shape index (κ2) is 3.51. The number of methoxy groups -OCH3 is 1. The number of aliphatic carboxylic acids is 1. The molecule has 82 valence electrons. The third-order valence-electron chi connectivity index (χ3n) is 3.08. The van der Waals surface area contributed by atoms with Gasteiger partial charge in [0.25, 0.3) is 0 Å². The number of carbonyl (C=O) groups is 1. The third kappa shape index (κ3) is 2.07. The Kier molecular flexibility index (Phi) is 2.88. The highest BCUT2D eigenvalue weighted by Crippen LogP contribution is 2.46. The van der Waals surface area contributed by atoms with Gasteiger partial charge in [0.1, 0.15) is 0 Å². The fourth-order valence-electron chi connectivity index (χ4n) is 2.23. The SMILES string of the molecule is COC(C)(C)CC1(C(=O)O)CC(N)C1. The lowest BCUT2D eigenvalue weighted by Crippen LogP contribution is -2.53. The molecule has 1 aliphatic carbocycles. The van der Waals surface area contributed by atoms with Crippen LogP contribution in [0, 0.1) is 5.41 Å². The number of carboxylic acids is 1. The van der Waals surface area contributed by atoms with E-state index >= 15 is 0 Å². The van der Waals surface area contributed by atoms with E-state index in [2.05, 4.69) is 0 Å². The fraction of sp³-hybridized carbons (Fsp3) is 0.900. The summed E-state index contributed by atoms with van der Waals surface area (Å²) in [6, 6.07) is 0.0405. The van der Waals surface area contributed by atoms with Gasteiger partial charge >= 0.3 is 5.97 Å². The average molecular weight is 201 g/mol. The largest absolute Gasteiger partial charge is 0.481 e. The standard InChI is InChI=1S/C10H19NO3/c1-9(2,14-3)6-10(8(12)13)4-7(11)5-10/h7H,4-6,11H2,1-3H3,(H,12,13). The van der Waals surface area contributed by atoms with Crippen molar-refractivity contribution in [3.05, 3.63) is 0 Å². The molecule has 4 nitrogen and oxygen atoms in total. The van der Waals surface area contributed by atoms with Crippen LogP contribution in [0.5, 0.6) is 0 Å². The molecule has 3 N–H and O–H groups in total. The molecular weight excluding hydrogens is 182 g/mol. The molecule has 0 radical (unpaired) electrons. The van der Waals surface area contributed by atoms with Gasteiger partial charge in [-0.2, -0.15) is 0 Å². The second-order valence-electron chi connectivity index (χ2n) is 4.89. The predicted molar refractivity (Wildman–Crippen MR) is 53.0 cm³/mol. The van der Waals surface area contributed by atoms with Gasteiger partial charge in [-0.1, -0.05) is 0 Å². The van der Waals surface area contributed by atoms with Crippen molar-refractivity contribution in [1.29, 1.82) is 0 Å². The van der Waals surface area contributed by atoms with Gasteiger partial charge in [0.15, 0.2) is 0 Å². The topological polar surface area (TPSA) is 72.5 Å². The molecule has 0 aliphatic heterocycles. The summed E-state index contributed by atoms with van der Waals surface area (Å²) in [7, 11) is 1.61. The maximum absolute atomic E-state index is 11.1. The van der Waals surface area contributed by atoms with Crippen LogP contribution in [0.3, 0.4) is 0 Å². The monoisotopic (exact) mass is 201 g/mol. The minimum absolute atomic E-state index is 0.0405. The molecule has 1 aliphatic rings. The molecule has 0 heterocycles. The Balaban J connectivity index is 2.68. The van der Waals surface area contributed by atoms with Gasteiger partial charge in [-0.25, -0.2) is 0 Å². The van der Waals surface area contributed by atoms with E-state index in [1.807, 2.05) is 13.8 Å². The van der Waals surface area contributed by atoms with E-state index in [9.17, 15) is 4.79 Å². The van der Waals surface area contributed by atoms with Crippen LogP contribution in [0.1, 0.15) is 33.1 Å². The first kappa shape index (κ1) is 11.5. The highest BCUT2D eigenvalue weighted by Gasteiger charge is 2.51. The van der Waals surface area contributed by atoms with E-state index < -0.39 is 17.0 Å². The van der Waals surface area contributed by atoms with Gasteiger partial charge in [0.2, 0.25) is 0 Å². The zero-order chi connectivity index (χ0) is 11.0. The summed E-state index contributed by atoms with van der Waals surface area (Å²) in [5, 5.41) is 9.15. The first-order chi connectivity index (χ1) is 6.31. The number of hydrogen-bond acceptors (Lipinski definition) is 3. The summed E-state index contributed by atoms with van der Waals surface area (Å²) < 4.78 is 5.25. The Hall–Kier alpha value is -0.610. The molecule has 0 aromatic heterocycles.